The van der Waals surface area contributed by atoms with Crippen LogP contribution in [-0.4, -0.2) is 30.2 Å². The van der Waals surface area contributed by atoms with Gasteiger partial charge in [0.05, 0.1) is 0 Å². The van der Waals surface area contributed by atoms with Gasteiger partial charge in [0.25, 0.3) is 0 Å². The fourth-order valence-electron chi connectivity index (χ4n) is 0.170. The molecule has 2 amide bonds. The zero-order valence-corrected chi connectivity index (χ0v) is 6.69. The zero-order valence-electron chi connectivity index (χ0n) is 5.93. The fourth-order valence-corrected chi connectivity index (χ4v) is 0.265. The van der Waals surface area contributed by atoms with Crippen LogP contribution in [0.4, 0.5) is 4.79 Å². The van der Waals surface area contributed by atoms with Crippen molar-refractivity contribution in [1.82, 2.24) is 5.32 Å². The van der Waals surface area contributed by atoms with Crippen LogP contribution < -0.4 is 11.1 Å². The summed E-state index contributed by atoms with van der Waals surface area (Å²) in [6, 6.07) is -0.527. The van der Waals surface area contributed by atoms with Crippen molar-refractivity contribution < 1.29 is 9.90 Å². The average Bonchev–Trinajstić information content (AvgIpc) is 1.85. The summed E-state index contributed by atoms with van der Waals surface area (Å²) >= 11 is 5.18. The maximum Gasteiger partial charge on any atom is 0.312 e. The second-order valence-electron chi connectivity index (χ2n) is 1.30. The number of hydrogen-bond donors (Lipinski definition) is 3. The maximum atomic E-state index is 9.81. The molecule has 0 aromatic heterocycles. The SMILES string of the molecule is CCO.NC(=O)NCCCl. The van der Waals surface area contributed by atoms with Crippen molar-refractivity contribution in [3.63, 3.8) is 0 Å². The van der Waals surface area contributed by atoms with Crippen molar-refractivity contribution in [1.29, 1.82) is 0 Å². The molecule has 0 heterocycles. The Morgan fingerprint density at radius 3 is 2.30 bits per heavy atom. The van der Waals surface area contributed by atoms with Crippen molar-refractivity contribution in [3.05, 3.63) is 0 Å². The van der Waals surface area contributed by atoms with Gasteiger partial charge in [0.1, 0.15) is 0 Å². The van der Waals surface area contributed by atoms with Crippen LogP contribution in [-0.2, 0) is 0 Å². The Kier molecular flexibility index (Phi) is 13.9. The minimum Gasteiger partial charge on any atom is -0.397 e. The molecule has 0 rings (SSSR count). The molecule has 0 aromatic rings. The summed E-state index contributed by atoms with van der Waals surface area (Å²) in [7, 11) is 0. The lowest BCUT2D eigenvalue weighted by Crippen LogP contribution is -2.30. The summed E-state index contributed by atoms with van der Waals surface area (Å²) in [5.74, 6) is 0.406. The molecule has 0 spiro atoms. The third-order valence-corrected chi connectivity index (χ3v) is 0.583. The molecular formula is C5H13ClN2O2. The largest absolute Gasteiger partial charge is 0.397 e. The number of nitrogens with one attached hydrogen (secondary N) is 1. The lowest BCUT2D eigenvalue weighted by Gasteiger charge is -1.92. The molecule has 62 valence electrons. The van der Waals surface area contributed by atoms with E-state index < -0.39 is 6.03 Å². The van der Waals surface area contributed by atoms with Gasteiger partial charge in [0.15, 0.2) is 0 Å². The number of aliphatic hydroxyl groups excluding tert-OH is 1. The van der Waals surface area contributed by atoms with E-state index in [4.69, 9.17) is 16.7 Å². The first-order valence-corrected chi connectivity index (χ1v) is 3.42. The van der Waals surface area contributed by atoms with Crippen molar-refractivity contribution in [2.24, 2.45) is 5.73 Å². The van der Waals surface area contributed by atoms with Crippen molar-refractivity contribution in [2.75, 3.05) is 19.0 Å². The van der Waals surface area contributed by atoms with E-state index in [2.05, 4.69) is 11.1 Å². The normalized spacial score (nSPS) is 7.50. The molecule has 4 N–H and O–H groups in total. The average molecular weight is 169 g/mol. The van der Waals surface area contributed by atoms with E-state index in [9.17, 15) is 4.79 Å². The molecule has 0 unspecified atom stereocenters. The van der Waals surface area contributed by atoms with Gasteiger partial charge in [0, 0.05) is 19.0 Å². The molecule has 5 heteroatoms. The summed E-state index contributed by atoms with van der Waals surface area (Å²) in [6.45, 7) is 2.37. The highest BCUT2D eigenvalue weighted by molar-refractivity contribution is 6.18. The standard InChI is InChI=1S/C3H7ClN2O.C2H6O/c4-1-2-6-3(5)7;1-2-3/h1-2H2,(H3,5,6,7);3H,2H2,1H3. The van der Waals surface area contributed by atoms with Gasteiger partial charge in [-0.05, 0) is 6.92 Å². The molecule has 0 aliphatic rings. The van der Waals surface area contributed by atoms with Gasteiger partial charge in [-0.2, -0.15) is 0 Å². The minimum atomic E-state index is -0.527. The molecule has 10 heavy (non-hydrogen) atoms. The third-order valence-electron chi connectivity index (χ3n) is 0.394. The monoisotopic (exact) mass is 168 g/mol. The predicted molar refractivity (Wildman–Crippen MR) is 41.1 cm³/mol. The number of urea groups is 1. The molecule has 0 aliphatic carbocycles. The van der Waals surface area contributed by atoms with Gasteiger partial charge in [-0.1, -0.05) is 0 Å². The Morgan fingerprint density at radius 2 is 2.20 bits per heavy atom. The Bertz CT molecular complexity index is 80.0. The fraction of sp³-hybridized carbons (Fsp3) is 0.800. The topological polar surface area (TPSA) is 75.3 Å². The number of carbonyl (C=O) groups excluding carboxylic acids is 1. The zero-order chi connectivity index (χ0) is 8.41. The Labute approximate surface area is 65.4 Å². The van der Waals surface area contributed by atoms with Gasteiger partial charge >= 0.3 is 6.03 Å². The number of hydrogen-bond acceptors (Lipinski definition) is 2. The number of alkyl halides is 1. The summed E-state index contributed by atoms with van der Waals surface area (Å²) in [5, 5.41) is 9.87. The first-order chi connectivity index (χ1) is 4.68. The number of aliphatic hydroxyl groups is 1. The lowest BCUT2D eigenvalue weighted by molar-refractivity contribution is 0.249. The van der Waals surface area contributed by atoms with Gasteiger partial charge in [0.2, 0.25) is 0 Å². The molecule has 0 radical (unpaired) electrons. The van der Waals surface area contributed by atoms with Crippen LogP contribution >= 0.6 is 11.6 Å². The summed E-state index contributed by atoms with van der Waals surface area (Å²) in [6.07, 6.45) is 0. The molecule has 0 aliphatic heterocycles. The van der Waals surface area contributed by atoms with Crippen LogP contribution in [0, 0.1) is 0 Å². The number of nitrogens with two attached hydrogens (primary N) is 1. The Hall–Kier alpha value is -0.480. The van der Waals surface area contributed by atoms with E-state index in [1.54, 1.807) is 6.92 Å². The van der Waals surface area contributed by atoms with Gasteiger partial charge in [-0.3, -0.25) is 0 Å². The smallest absolute Gasteiger partial charge is 0.312 e. The highest BCUT2D eigenvalue weighted by Gasteiger charge is 1.84. The first kappa shape index (κ1) is 12.2. The summed E-state index contributed by atoms with van der Waals surface area (Å²) < 4.78 is 0. The third kappa shape index (κ3) is 25.8. The molecule has 0 aromatic carbocycles. The number of rotatable bonds is 2. The van der Waals surface area contributed by atoms with Crippen LogP contribution in [0.3, 0.4) is 0 Å². The number of halogens is 1. The quantitative estimate of drug-likeness (QED) is 0.504. The summed E-state index contributed by atoms with van der Waals surface area (Å²) in [4.78, 5) is 9.81. The van der Waals surface area contributed by atoms with E-state index in [1.165, 1.54) is 0 Å². The van der Waals surface area contributed by atoms with E-state index in [-0.39, 0.29) is 6.61 Å². The number of amides is 2. The minimum absolute atomic E-state index is 0.250. The number of carbonyl (C=O) groups is 1. The van der Waals surface area contributed by atoms with E-state index >= 15 is 0 Å². The molecule has 0 saturated carbocycles. The highest BCUT2D eigenvalue weighted by atomic mass is 35.5. The Balaban J connectivity index is 0. The molecule has 0 saturated heterocycles. The molecule has 0 fully saturated rings. The molecular weight excluding hydrogens is 156 g/mol. The summed E-state index contributed by atoms with van der Waals surface area (Å²) in [5.41, 5.74) is 4.67. The predicted octanol–water partition coefficient (Wildman–Crippen LogP) is -0.108. The Morgan fingerprint density at radius 1 is 1.80 bits per heavy atom. The van der Waals surface area contributed by atoms with Crippen molar-refractivity contribution in [2.45, 2.75) is 6.92 Å². The van der Waals surface area contributed by atoms with Crippen LogP contribution in [0.15, 0.2) is 0 Å². The molecule has 4 nitrogen and oxygen atoms in total. The van der Waals surface area contributed by atoms with Crippen molar-refractivity contribution in [3.8, 4) is 0 Å². The second-order valence-corrected chi connectivity index (χ2v) is 1.67. The van der Waals surface area contributed by atoms with Crippen LogP contribution in [0.5, 0.6) is 0 Å². The van der Waals surface area contributed by atoms with E-state index in [1.807, 2.05) is 0 Å². The molecule has 0 bridgehead atoms. The second kappa shape index (κ2) is 11.3. The number of primary amides is 1. The van der Waals surface area contributed by atoms with E-state index in [0.29, 0.717) is 12.4 Å². The first-order valence-electron chi connectivity index (χ1n) is 2.89. The van der Waals surface area contributed by atoms with E-state index in [0.717, 1.165) is 0 Å². The van der Waals surface area contributed by atoms with Gasteiger partial charge in [-0.15, -0.1) is 11.6 Å². The van der Waals surface area contributed by atoms with Crippen LogP contribution in [0.25, 0.3) is 0 Å². The lowest BCUT2D eigenvalue weighted by atomic mass is 10.7. The maximum absolute atomic E-state index is 9.81. The van der Waals surface area contributed by atoms with Crippen LogP contribution in [0.2, 0.25) is 0 Å². The molecule has 0 atom stereocenters. The van der Waals surface area contributed by atoms with Crippen molar-refractivity contribution >= 4 is 17.6 Å². The van der Waals surface area contributed by atoms with Gasteiger partial charge < -0.3 is 16.2 Å². The van der Waals surface area contributed by atoms with Gasteiger partial charge in [-0.25, -0.2) is 4.79 Å². The van der Waals surface area contributed by atoms with Crippen LogP contribution in [0.1, 0.15) is 6.92 Å². The highest BCUT2D eigenvalue weighted by Crippen LogP contribution is 1.66.